The summed E-state index contributed by atoms with van der Waals surface area (Å²) in [5.74, 6) is -2.50. The molecule has 0 saturated carbocycles. The topological polar surface area (TPSA) is 87.2 Å². The maximum atomic E-state index is 14.2. The number of nitrogens with zero attached hydrogens (tertiary/aromatic N) is 2. The third kappa shape index (κ3) is 3.60. The van der Waals surface area contributed by atoms with E-state index in [2.05, 4.69) is 0 Å². The molecule has 2 heterocycles. The summed E-state index contributed by atoms with van der Waals surface area (Å²) in [6.45, 7) is 2.94. The number of ketones is 1. The number of methoxy groups -OCH3 is 1. The van der Waals surface area contributed by atoms with Gasteiger partial charge in [-0.3, -0.25) is 14.4 Å². The van der Waals surface area contributed by atoms with Gasteiger partial charge in [0.15, 0.2) is 5.54 Å². The fraction of sp³-hybridized carbons (Fsp3) is 0.346. The van der Waals surface area contributed by atoms with Gasteiger partial charge in [0.05, 0.1) is 11.3 Å². The van der Waals surface area contributed by atoms with Crippen LogP contribution >= 0.6 is 11.6 Å². The first-order chi connectivity index (χ1) is 16.4. The van der Waals surface area contributed by atoms with E-state index < -0.39 is 28.9 Å². The Bertz CT molecular complexity index is 1160. The molecule has 1 spiro atoms. The van der Waals surface area contributed by atoms with Crippen molar-refractivity contribution in [1.82, 2.24) is 4.90 Å². The average Bonchev–Trinajstić information content (AvgIpc) is 3.21. The van der Waals surface area contributed by atoms with E-state index in [9.17, 15) is 19.5 Å². The van der Waals surface area contributed by atoms with Gasteiger partial charge in [-0.2, -0.15) is 0 Å². The third-order valence-corrected chi connectivity index (χ3v) is 6.64. The Morgan fingerprint density at radius 1 is 1.03 bits per heavy atom. The standard InChI is InChI=1S/C26H27ClN2O5/c1-3-4-14-28-20-9-6-5-8-19(20)26(25(28)33)21(22(30)17-10-12-18(27)13-11-17)23(31)24(32)29(26)15-7-16-34-2/h5-6,8-13,30H,3-4,7,14-16H2,1-2H3/t26-/m0/s1. The molecule has 1 N–H and O–H groups in total. The number of benzene rings is 2. The number of carbonyl (C=O) groups is 3. The number of Topliss-reactive ketones (excluding diaryl/α,β-unsaturated/α-hetero) is 1. The predicted molar refractivity (Wildman–Crippen MR) is 130 cm³/mol. The van der Waals surface area contributed by atoms with E-state index in [0.29, 0.717) is 41.4 Å². The lowest BCUT2D eigenvalue weighted by molar-refractivity contribution is -0.143. The lowest BCUT2D eigenvalue weighted by atomic mass is 9.82. The lowest BCUT2D eigenvalue weighted by Crippen LogP contribution is -2.52. The van der Waals surface area contributed by atoms with Gasteiger partial charge in [-0.1, -0.05) is 43.1 Å². The normalized spacial score (nSPS) is 21.1. The van der Waals surface area contributed by atoms with Gasteiger partial charge >= 0.3 is 0 Å². The van der Waals surface area contributed by atoms with Crippen molar-refractivity contribution in [2.24, 2.45) is 0 Å². The van der Waals surface area contributed by atoms with Crippen molar-refractivity contribution >= 4 is 40.6 Å². The summed E-state index contributed by atoms with van der Waals surface area (Å²) in [5.41, 5.74) is -0.495. The highest BCUT2D eigenvalue weighted by Gasteiger charge is 2.66. The summed E-state index contributed by atoms with van der Waals surface area (Å²) in [6, 6.07) is 13.4. The second-order valence-corrected chi connectivity index (χ2v) is 8.84. The molecule has 2 aliphatic heterocycles. The number of carbonyl (C=O) groups excluding carboxylic acids is 3. The van der Waals surface area contributed by atoms with Crippen LogP contribution in [0.4, 0.5) is 5.69 Å². The zero-order chi connectivity index (χ0) is 24.5. The lowest BCUT2D eigenvalue weighted by Gasteiger charge is -2.34. The van der Waals surface area contributed by atoms with E-state index in [1.54, 1.807) is 48.4 Å². The molecular weight excluding hydrogens is 456 g/mol. The number of fused-ring (bicyclic) bond motifs is 2. The van der Waals surface area contributed by atoms with Crippen molar-refractivity contribution in [3.05, 3.63) is 70.3 Å². The summed E-state index contributed by atoms with van der Waals surface area (Å²) in [4.78, 5) is 43.9. The minimum atomic E-state index is -1.74. The zero-order valence-electron chi connectivity index (χ0n) is 19.2. The quantitative estimate of drug-likeness (QED) is 0.265. The minimum absolute atomic E-state index is 0.123. The zero-order valence-corrected chi connectivity index (χ0v) is 20.0. The molecule has 4 rings (SSSR count). The number of para-hydroxylation sites is 1. The monoisotopic (exact) mass is 482 g/mol. The van der Waals surface area contributed by atoms with E-state index >= 15 is 0 Å². The SMILES string of the molecule is CCCCN1C(=O)[C@@]2(C(=C(O)c3ccc(Cl)cc3)C(=O)C(=O)N2CCCOC)c2ccccc21. The maximum absolute atomic E-state index is 14.2. The second kappa shape index (κ2) is 9.60. The van der Waals surface area contributed by atoms with Crippen LogP contribution in [0.1, 0.15) is 37.3 Å². The number of halogens is 1. The molecule has 34 heavy (non-hydrogen) atoms. The maximum Gasteiger partial charge on any atom is 0.296 e. The number of unbranched alkanes of at least 4 members (excludes halogenated alkanes) is 1. The molecule has 2 aromatic carbocycles. The van der Waals surface area contributed by atoms with Gasteiger partial charge in [0.2, 0.25) is 0 Å². The van der Waals surface area contributed by atoms with E-state index in [1.165, 1.54) is 4.90 Å². The van der Waals surface area contributed by atoms with E-state index in [0.717, 1.165) is 12.8 Å². The van der Waals surface area contributed by atoms with Crippen molar-refractivity contribution < 1.29 is 24.2 Å². The number of hydrogen-bond donors (Lipinski definition) is 1. The molecule has 0 radical (unpaired) electrons. The van der Waals surface area contributed by atoms with E-state index in [-0.39, 0.29) is 12.1 Å². The molecule has 0 aromatic heterocycles. The number of hydrogen-bond acceptors (Lipinski definition) is 5. The van der Waals surface area contributed by atoms with Crippen LogP contribution in [0.25, 0.3) is 5.76 Å². The highest BCUT2D eigenvalue weighted by atomic mass is 35.5. The molecule has 2 aliphatic rings. The average molecular weight is 483 g/mol. The summed E-state index contributed by atoms with van der Waals surface area (Å²) in [6.07, 6.45) is 2.05. The molecule has 8 heteroatoms. The Morgan fingerprint density at radius 3 is 2.41 bits per heavy atom. The number of aliphatic hydroxyl groups is 1. The summed E-state index contributed by atoms with van der Waals surface area (Å²) >= 11 is 6.00. The van der Waals surface area contributed by atoms with Crippen LogP contribution in [-0.4, -0.2) is 54.4 Å². The van der Waals surface area contributed by atoms with Crippen LogP contribution < -0.4 is 4.90 Å². The van der Waals surface area contributed by atoms with Crippen LogP contribution in [0.3, 0.4) is 0 Å². The van der Waals surface area contributed by atoms with Gasteiger partial charge in [-0.25, -0.2) is 0 Å². The molecular formula is C26H27ClN2O5. The van der Waals surface area contributed by atoms with Crippen molar-refractivity contribution in [2.45, 2.75) is 31.7 Å². The highest BCUT2D eigenvalue weighted by molar-refractivity contribution is 6.50. The summed E-state index contributed by atoms with van der Waals surface area (Å²) in [7, 11) is 1.55. The number of ether oxygens (including phenoxy) is 1. The highest BCUT2D eigenvalue weighted by Crippen LogP contribution is 2.53. The van der Waals surface area contributed by atoms with E-state index in [1.807, 2.05) is 19.1 Å². The molecule has 0 bridgehead atoms. The van der Waals surface area contributed by atoms with Crippen LogP contribution in [0, 0.1) is 0 Å². The van der Waals surface area contributed by atoms with Gasteiger partial charge < -0.3 is 19.6 Å². The first-order valence-corrected chi connectivity index (χ1v) is 11.7. The number of likely N-dealkylation sites (tertiary alicyclic amines) is 1. The molecule has 7 nitrogen and oxygen atoms in total. The number of anilines is 1. The minimum Gasteiger partial charge on any atom is -0.507 e. The Hall–Kier alpha value is -3.16. The van der Waals surface area contributed by atoms with Crippen molar-refractivity contribution in [2.75, 3.05) is 31.7 Å². The Morgan fingerprint density at radius 2 is 1.74 bits per heavy atom. The number of amides is 2. The molecule has 2 amide bonds. The van der Waals surface area contributed by atoms with Crippen LogP contribution in [0.5, 0.6) is 0 Å². The molecule has 1 saturated heterocycles. The first-order valence-electron chi connectivity index (χ1n) is 11.4. The van der Waals surface area contributed by atoms with Gasteiger partial charge in [0.25, 0.3) is 17.6 Å². The Balaban J connectivity index is 1.99. The van der Waals surface area contributed by atoms with Crippen molar-refractivity contribution in [1.29, 1.82) is 0 Å². The third-order valence-electron chi connectivity index (χ3n) is 6.39. The summed E-state index contributed by atoms with van der Waals surface area (Å²) in [5, 5.41) is 11.8. The summed E-state index contributed by atoms with van der Waals surface area (Å²) < 4.78 is 5.15. The van der Waals surface area contributed by atoms with Crippen molar-refractivity contribution in [3.63, 3.8) is 0 Å². The van der Waals surface area contributed by atoms with Gasteiger partial charge in [0.1, 0.15) is 5.76 Å². The molecule has 178 valence electrons. The van der Waals surface area contributed by atoms with Gasteiger partial charge in [0, 0.05) is 43.0 Å². The Kier molecular flexibility index (Phi) is 6.77. The van der Waals surface area contributed by atoms with Crippen LogP contribution in [-0.2, 0) is 24.7 Å². The Labute approximate surface area is 203 Å². The van der Waals surface area contributed by atoms with E-state index in [4.69, 9.17) is 16.3 Å². The molecule has 1 fully saturated rings. The van der Waals surface area contributed by atoms with Crippen LogP contribution in [0.15, 0.2) is 54.1 Å². The second-order valence-electron chi connectivity index (χ2n) is 8.40. The van der Waals surface area contributed by atoms with Gasteiger partial charge in [-0.15, -0.1) is 0 Å². The molecule has 1 atom stereocenters. The fourth-order valence-electron chi connectivity index (χ4n) is 4.82. The smallest absolute Gasteiger partial charge is 0.296 e. The first kappa shape index (κ1) is 24.0. The number of aliphatic hydroxyl groups excluding tert-OH is 1. The molecule has 0 aliphatic carbocycles. The van der Waals surface area contributed by atoms with Crippen molar-refractivity contribution in [3.8, 4) is 0 Å². The molecule has 2 aromatic rings. The molecule has 0 unspecified atom stereocenters. The van der Waals surface area contributed by atoms with Gasteiger partial charge in [-0.05, 0) is 43.2 Å². The largest absolute Gasteiger partial charge is 0.507 e. The fourth-order valence-corrected chi connectivity index (χ4v) is 4.95. The number of rotatable bonds is 8. The van der Waals surface area contributed by atoms with Crippen LogP contribution in [0.2, 0.25) is 5.02 Å². The predicted octanol–water partition coefficient (Wildman–Crippen LogP) is 4.10.